The predicted molar refractivity (Wildman–Crippen MR) is 220 cm³/mol. The lowest BCUT2D eigenvalue weighted by atomic mass is 9.70. The first kappa shape index (κ1) is 16.9. The Hall–Kier alpha value is -6.44. The lowest BCUT2D eigenvalue weighted by Crippen LogP contribution is -2.26. The molecule has 0 N–H and O–H groups in total. The maximum Gasteiger partial charge on any atom is 0.0726 e. The van der Waals surface area contributed by atoms with Crippen molar-refractivity contribution in [2.75, 3.05) is 4.90 Å². The molecule has 0 unspecified atom stereocenters. The second kappa shape index (κ2) is 11.0. The molecule has 1 nitrogen and oxygen atoms in total. The van der Waals surface area contributed by atoms with Crippen molar-refractivity contribution in [1.82, 2.24) is 0 Å². The highest BCUT2D eigenvalue weighted by Crippen LogP contribution is 2.63. The lowest BCUT2D eigenvalue weighted by Gasteiger charge is -2.32. The molecule has 8 aromatic rings. The van der Waals surface area contributed by atoms with E-state index in [1.54, 1.807) is 48.5 Å². The van der Waals surface area contributed by atoms with Gasteiger partial charge in [0.25, 0.3) is 0 Å². The molecule has 0 amide bonds. The van der Waals surface area contributed by atoms with E-state index in [1.807, 2.05) is 38.1 Å². The van der Waals surface area contributed by atoms with Gasteiger partial charge in [-0.2, -0.15) is 0 Å². The van der Waals surface area contributed by atoms with E-state index < -0.39 is 182 Å². The van der Waals surface area contributed by atoms with Crippen LogP contribution in [0.4, 0.5) is 17.1 Å². The minimum atomic E-state index is -2.65. The average Bonchev–Trinajstić information content (AvgIpc) is 3.94. The summed E-state index contributed by atoms with van der Waals surface area (Å²) < 4.78 is 179. The van der Waals surface area contributed by atoms with Crippen molar-refractivity contribution in [2.24, 2.45) is 0 Å². The normalized spacial score (nSPS) is 19.5. The highest BCUT2D eigenvalue weighted by atomic mass is 15.1. The van der Waals surface area contributed by atoms with Crippen LogP contribution in [0.15, 0.2) is 188 Å². The van der Waals surface area contributed by atoms with Crippen molar-refractivity contribution >= 4 is 17.1 Å². The van der Waals surface area contributed by atoms with Gasteiger partial charge in [-0.1, -0.05) is 165 Å². The molecule has 0 saturated heterocycles. The summed E-state index contributed by atoms with van der Waals surface area (Å²) >= 11 is 0. The summed E-state index contributed by atoms with van der Waals surface area (Å²) in [6.07, 6.45) is 0. The molecule has 3 aliphatic rings. The van der Waals surface area contributed by atoms with Crippen LogP contribution in [0, 0.1) is 0 Å². The van der Waals surface area contributed by atoms with Crippen LogP contribution in [0.5, 0.6) is 0 Å². The third-order valence-corrected chi connectivity index (χ3v) is 10.8. The topological polar surface area (TPSA) is 3.24 Å². The third kappa shape index (κ3) is 4.08. The van der Waals surface area contributed by atoms with Gasteiger partial charge < -0.3 is 4.90 Å². The van der Waals surface area contributed by atoms with Gasteiger partial charge in [-0.05, 0) is 114 Å². The molecule has 8 aromatic carbocycles. The number of nitrogens with zero attached hydrogens (tertiary/aromatic N) is 1. The van der Waals surface area contributed by atoms with Gasteiger partial charge in [-0.3, -0.25) is 0 Å². The molecule has 0 bridgehead atoms. The Morgan fingerprint density at radius 1 is 0.396 bits per heavy atom. The molecule has 0 radical (unpaired) electrons. The smallest absolute Gasteiger partial charge is 0.0726 e. The fraction of sp³-hybridized carbons (Fsp3) is 0.0769. The molecule has 3 aliphatic carbocycles. The molecule has 53 heavy (non-hydrogen) atoms. The van der Waals surface area contributed by atoms with Crippen molar-refractivity contribution < 1.29 is 26.0 Å². The summed E-state index contributed by atoms with van der Waals surface area (Å²) in [6.45, 7) is 3.99. The Bertz CT molecular complexity index is 3720. The van der Waals surface area contributed by atoms with Gasteiger partial charge >= 0.3 is 0 Å². The molecular weight excluding hydrogens is 639 g/mol. The Labute approximate surface area is 338 Å². The van der Waals surface area contributed by atoms with E-state index in [2.05, 4.69) is 0 Å². The molecule has 0 heterocycles. The van der Waals surface area contributed by atoms with Crippen molar-refractivity contribution in [3.05, 3.63) is 221 Å². The molecular formula is C52H37N. The molecule has 1 heteroatoms. The van der Waals surface area contributed by atoms with E-state index in [1.165, 1.54) is 4.90 Å². The minimum Gasteiger partial charge on any atom is -0.310 e. The van der Waals surface area contributed by atoms with Gasteiger partial charge in [0.1, 0.15) is 0 Å². The van der Waals surface area contributed by atoms with Gasteiger partial charge in [0.05, 0.1) is 31.5 Å². The average molecular weight is 695 g/mol. The number of benzene rings is 8. The number of anilines is 3. The molecule has 0 atom stereocenters. The number of hydrogen-bond acceptors (Lipinski definition) is 1. The van der Waals surface area contributed by atoms with Gasteiger partial charge in [-0.15, -0.1) is 0 Å². The van der Waals surface area contributed by atoms with E-state index in [0.29, 0.717) is 5.56 Å². The first-order valence-electron chi connectivity index (χ1n) is 26.6. The summed E-state index contributed by atoms with van der Waals surface area (Å²) in [6, 6.07) is 7.19. The van der Waals surface area contributed by atoms with Crippen LogP contribution in [0.1, 0.15) is 73.3 Å². The Morgan fingerprint density at radius 2 is 0.943 bits per heavy atom. The van der Waals surface area contributed by atoms with Crippen molar-refractivity contribution in [1.29, 1.82) is 0 Å². The first-order valence-corrected chi connectivity index (χ1v) is 17.1. The molecule has 1 spiro atoms. The van der Waals surface area contributed by atoms with Crippen molar-refractivity contribution in [3.8, 4) is 44.5 Å². The van der Waals surface area contributed by atoms with Crippen LogP contribution >= 0.6 is 0 Å². The number of hydrogen-bond donors (Lipinski definition) is 0. The summed E-state index contributed by atoms with van der Waals surface area (Å²) in [5.74, 6) is 0. The Balaban J connectivity index is 1.37. The SMILES string of the molecule is [2H]c1c([2H])c([2H])c2c(c1[2H])-c1c([2H])c([2H])c([2H])c([2H])c1C21c2c([2H])c([2H])c([2H])c([2H])c2-c2c([2H])c([2H])c(N(c3ccc4c(c3)C(C)(C)c3ccccc3-4)c3c([2H])c([2H])c(-c4ccccc4)c([2H])c3[2H])c([2H])c21. The quantitative estimate of drug-likeness (QED) is 0.177. The fourth-order valence-electron chi connectivity index (χ4n) is 8.44. The minimum absolute atomic E-state index is 0.0487. The monoisotopic (exact) mass is 694 g/mol. The largest absolute Gasteiger partial charge is 0.310 e. The predicted octanol–water partition coefficient (Wildman–Crippen LogP) is 13.5. The van der Waals surface area contributed by atoms with Crippen molar-refractivity contribution in [2.45, 2.75) is 24.7 Å². The summed E-state index contributed by atoms with van der Waals surface area (Å²) in [5.41, 5.74) is -4.09. The molecule has 0 aromatic heterocycles. The molecule has 0 fully saturated rings. The summed E-state index contributed by atoms with van der Waals surface area (Å²) in [4.78, 5) is 1.17. The van der Waals surface area contributed by atoms with Gasteiger partial charge in [0.2, 0.25) is 0 Å². The highest BCUT2D eigenvalue weighted by Gasteiger charge is 2.51. The number of rotatable bonds is 4. The van der Waals surface area contributed by atoms with Gasteiger partial charge in [0, 0.05) is 22.5 Å². The first-order chi connectivity index (χ1) is 34.0. The molecule has 0 aliphatic heterocycles. The molecule has 250 valence electrons. The van der Waals surface area contributed by atoms with Crippen LogP contribution < -0.4 is 4.90 Å². The van der Waals surface area contributed by atoms with Crippen LogP contribution in [0.3, 0.4) is 0 Å². The standard InChI is InChI=1S/C52H37N/c1-51(2)45-20-10-6-16-39(45)43-30-28-37(32-49(43)51)53(36-26-24-35(25-27-36)34-14-4-3-5-15-34)38-29-31-44-42-19-9-13-23-48(42)52(50(44)33-38)46-21-11-7-17-40(46)41-18-8-12-22-47(41)52/h3-33H,1-2H3/i7D,8D,9D,11D,12D,13D,17D,18D,19D,21D,22D,23D,24D,25D,26D,27D,29D,31D,33D. The van der Waals surface area contributed by atoms with Gasteiger partial charge in [0.15, 0.2) is 0 Å². The van der Waals surface area contributed by atoms with Crippen LogP contribution in [0.25, 0.3) is 44.5 Å². The summed E-state index contributed by atoms with van der Waals surface area (Å²) in [7, 11) is 0. The number of fused-ring (bicyclic) bond motifs is 13. The van der Waals surface area contributed by atoms with E-state index in [-0.39, 0.29) is 11.3 Å². The summed E-state index contributed by atoms with van der Waals surface area (Å²) in [5, 5.41) is 0. The maximum absolute atomic E-state index is 10.6. The Morgan fingerprint density at radius 3 is 1.60 bits per heavy atom. The Kier molecular flexibility index (Phi) is 3.52. The van der Waals surface area contributed by atoms with E-state index >= 15 is 0 Å². The van der Waals surface area contributed by atoms with E-state index in [9.17, 15) is 17.8 Å². The zero-order chi connectivity index (χ0) is 51.8. The van der Waals surface area contributed by atoms with Crippen LogP contribution in [-0.4, -0.2) is 0 Å². The third-order valence-electron chi connectivity index (χ3n) is 10.8. The van der Waals surface area contributed by atoms with Crippen LogP contribution in [-0.2, 0) is 10.8 Å². The van der Waals surface area contributed by atoms with Gasteiger partial charge in [-0.25, -0.2) is 0 Å². The molecule has 0 saturated carbocycles. The maximum atomic E-state index is 10.6. The zero-order valence-corrected chi connectivity index (χ0v) is 28.4. The van der Waals surface area contributed by atoms with Crippen LogP contribution in [0.2, 0.25) is 0 Å². The fourth-order valence-corrected chi connectivity index (χ4v) is 8.44. The molecule has 11 rings (SSSR count). The lowest BCUT2D eigenvalue weighted by molar-refractivity contribution is 0.660. The zero-order valence-electron chi connectivity index (χ0n) is 47.4. The van der Waals surface area contributed by atoms with Crippen molar-refractivity contribution in [3.63, 3.8) is 0 Å². The van der Waals surface area contributed by atoms with E-state index in [0.717, 1.165) is 22.3 Å². The second-order valence-electron chi connectivity index (χ2n) is 13.8. The highest BCUT2D eigenvalue weighted by molar-refractivity contribution is 5.96. The second-order valence-corrected chi connectivity index (χ2v) is 13.8. The van der Waals surface area contributed by atoms with E-state index in [4.69, 9.17) is 8.22 Å².